The van der Waals surface area contributed by atoms with Crippen LogP contribution >= 0.6 is 11.8 Å². The van der Waals surface area contributed by atoms with E-state index in [4.69, 9.17) is 0 Å². The smallest absolute Gasteiger partial charge is 0.227 e. The maximum Gasteiger partial charge on any atom is 0.227 e. The lowest BCUT2D eigenvalue weighted by atomic mass is 9.87. The Bertz CT molecular complexity index is 833. The maximum absolute atomic E-state index is 12.6. The van der Waals surface area contributed by atoms with Crippen molar-refractivity contribution in [3.05, 3.63) is 28.7 Å². The highest BCUT2D eigenvalue weighted by Crippen LogP contribution is 2.40. The number of anilines is 1. The van der Waals surface area contributed by atoms with Gasteiger partial charge in [-0.05, 0) is 32.1 Å². The van der Waals surface area contributed by atoms with Crippen molar-refractivity contribution in [2.75, 3.05) is 11.6 Å². The Morgan fingerprint density at radius 2 is 2.17 bits per heavy atom. The van der Waals surface area contributed by atoms with Crippen molar-refractivity contribution in [2.45, 2.75) is 37.4 Å². The summed E-state index contributed by atoms with van der Waals surface area (Å²) in [5, 5.41) is 13.0. The fourth-order valence-electron chi connectivity index (χ4n) is 3.38. The molecule has 3 heterocycles. The second-order valence-electron chi connectivity index (χ2n) is 5.90. The first-order valence-electron chi connectivity index (χ1n) is 7.63. The van der Waals surface area contributed by atoms with Gasteiger partial charge in [0.2, 0.25) is 11.1 Å². The third-order valence-electron chi connectivity index (χ3n) is 4.35. The van der Waals surface area contributed by atoms with Crippen molar-refractivity contribution in [3.63, 3.8) is 0 Å². The van der Waals surface area contributed by atoms with Gasteiger partial charge in [0.05, 0.1) is 11.4 Å². The second kappa shape index (κ2) is 5.23. The number of hydrogen-bond acceptors (Lipinski definition) is 6. The number of ketones is 1. The van der Waals surface area contributed by atoms with Gasteiger partial charge in [-0.1, -0.05) is 11.8 Å². The standard InChI is InChI=1S/C15H18N6OS/c1-8-7-10(20(2)18-8)13-12-9(5-4-6-11(12)22)16-14-17-15(23-3)19-21(13)14/h7,13H,4-6H2,1-3H3,(H,16,17,19)/t13-/m1/s1. The molecule has 4 rings (SSSR count). The Morgan fingerprint density at radius 1 is 1.35 bits per heavy atom. The molecule has 8 heteroatoms. The number of nitrogens with zero attached hydrogens (tertiary/aromatic N) is 5. The van der Waals surface area contributed by atoms with E-state index >= 15 is 0 Å². The summed E-state index contributed by atoms with van der Waals surface area (Å²) in [4.78, 5) is 17.1. The zero-order valence-corrected chi connectivity index (χ0v) is 14.1. The monoisotopic (exact) mass is 330 g/mol. The lowest BCUT2D eigenvalue weighted by Gasteiger charge is -2.31. The number of rotatable bonds is 2. The first kappa shape index (κ1) is 14.5. The summed E-state index contributed by atoms with van der Waals surface area (Å²) in [6, 6.07) is 1.76. The number of carbonyl (C=O) groups excluding carboxylic acids is 1. The molecule has 120 valence electrons. The average molecular weight is 330 g/mol. The van der Waals surface area contributed by atoms with Crippen LogP contribution in [-0.2, 0) is 11.8 Å². The van der Waals surface area contributed by atoms with E-state index in [0.717, 1.165) is 35.5 Å². The number of Topliss-reactive ketones (excluding diaryl/α,β-unsaturated/α-hetero) is 1. The quantitative estimate of drug-likeness (QED) is 0.849. The van der Waals surface area contributed by atoms with E-state index in [2.05, 4.69) is 20.5 Å². The number of allylic oxidation sites excluding steroid dienone is 2. The van der Waals surface area contributed by atoms with Gasteiger partial charge in [-0.2, -0.15) is 10.1 Å². The normalized spacial score (nSPS) is 20.3. The van der Waals surface area contributed by atoms with Crippen LogP contribution in [0.3, 0.4) is 0 Å². The topological polar surface area (TPSA) is 77.6 Å². The van der Waals surface area contributed by atoms with E-state index in [0.29, 0.717) is 17.5 Å². The van der Waals surface area contributed by atoms with E-state index in [9.17, 15) is 4.79 Å². The van der Waals surface area contributed by atoms with Crippen LogP contribution in [0, 0.1) is 6.92 Å². The number of thioether (sulfide) groups is 1. The number of aryl methyl sites for hydroxylation is 2. The molecule has 0 bridgehead atoms. The summed E-state index contributed by atoms with van der Waals surface area (Å²) in [6.45, 7) is 1.96. The first-order chi connectivity index (χ1) is 11.1. The number of hydrogen-bond donors (Lipinski definition) is 1. The van der Waals surface area contributed by atoms with Gasteiger partial charge in [-0.3, -0.25) is 9.48 Å². The SMILES string of the molecule is CSc1nc2n(n1)[C@H](c1cc(C)nn1C)C1=C(CCCC1=O)N2. The average Bonchev–Trinajstić information content (AvgIpc) is 3.07. The Balaban J connectivity index is 1.94. The van der Waals surface area contributed by atoms with Crippen LogP contribution in [0.2, 0.25) is 0 Å². The van der Waals surface area contributed by atoms with E-state index in [1.807, 2.05) is 35.7 Å². The van der Waals surface area contributed by atoms with Gasteiger partial charge in [0.25, 0.3) is 0 Å². The largest absolute Gasteiger partial charge is 0.328 e. The van der Waals surface area contributed by atoms with Crippen LogP contribution in [0.15, 0.2) is 22.5 Å². The summed E-state index contributed by atoms with van der Waals surface area (Å²) in [5.74, 6) is 0.890. The summed E-state index contributed by atoms with van der Waals surface area (Å²) in [5.41, 5.74) is 3.69. The van der Waals surface area contributed by atoms with Gasteiger partial charge < -0.3 is 5.32 Å². The molecule has 0 saturated carbocycles. The number of carbonyl (C=O) groups is 1. The molecule has 1 aliphatic heterocycles. The molecule has 1 N–H and O–H groups in total. The Labute approximate surface area is 138 Å². The van der Waals surface area contributed by atoms with Gasteiger partial charge in [0, 0.05) is 24.7 Å². The van der Waals surface area contributed by atoms with Crippen molar-refractivity contribution < 1.29 is 4.79 Å². The molecule has 0 aromatic carbocycles. The van der Waals surface area contributed by atoms with Gasteiger partial charge in [0.1, 0.15) is 6.04 Å². The van der Waals surface area contributed by atoms with Gasteiger partial charge in [-0.15, -0.1) is 5.10 Å². The molecule has 0 unspecified atom stereocenters. The second-order valence-corrected chi connectivity index (χ2v) is 6.67. The van der Waals surface area contributed by atoms with E-state index in [1.165, 1.54) is 11.8 Å². The van der Waals surface area contributed by atoms with Crippen molar-refractivity contribution >= 4 is 23.5 Å². The fraction of sp³-hybridized carbons (Fsp3) is 0.467. The summed E-state index contributed by atoms with van der Waals surface area (Å²) in [7, 11) is 1.91. The molecule has 23 heavy (non-hydrogen) atoms. The highest BCUT2D eigenvalue weighted by Gasteiger charge is 2.38. The fourth-order valence-corrected chi connectivity index (χ4v) is 3.73. The predicted octanol–water partition coefficient (Wildman–Crippen LogP) is 2.06. The van der Waals surface area contributed by atoms with Crippen LogP contribution < -0.4 is 5.32 Å². The molecular formula is C15H18N6OS. The molecule has 0 radical (unpaired) electrons. The molecule has 0 fully saturated rings. The lowest BCUT2D eigenvalue weighted by molar-refractivity contribution is -0.116. The van der Waals surface area contributed by atoms with Gasteiger partial charge in [-0.25, -0.2) is 4.68 Å². The minimum absolute atomic E-state index is 0.189. The molecule has 1 aliphatic carbocycles. The third kappa shape index (κ3) is 2.20. The molecule has 1 atom stereocenters. The van der Waals surface area contributed by atoms with Gasteiger partial charge >= 0.3 is 0 Å². The number of fused-ring (bicyclic) bond motifs is 1. The molecule has 0 amide bonds. The van der Waals surface area contributed by atoms with Crippen LogP contribution in [0.1, 0.15) is 36.7 Å². The molecule has 7 nitrogen and oxygen atoms in total. The molecule has 0 spiro atoms. The summed E-state index contributed by atoms with van der Waals surface area (Å²) >= 11 is 1.49. The minimum Gasteiger partial charge on any atom is -0.328 e. The van der Waals surface area contributed by atoms with Crippen molar-refractivity contribution in [3.8, 4) is 0 Å². The number of aromatic nitrogens is 5. The van der Waals surface area contributed by atoms with E-state index in [1.54, 1.807) is 0 Å². The molecule has 0 saturated heterocycles. The molecular weight excluding hydrogens is 312 g/mol. The zero-order valence-electron chi connectivity index (χ0n) is 13.3. The summed E-state index contributed by atoms with van der Waals surface area (Å²) < 4.78 is 3.66. The van der Waals surface area contributed by atoms with Gasteiger partial charge in [0.15, 0.2) is 5.78 Å². The van der Waals surface area contributed by atoms with Crippen LogP contribution in [0.25, 0.3) is 0 Å². The Hall–Kier alpha value is -2.09. The first-order valence-corrected chi connectivity index (χ1v) is 8.85. The predicted molar refractivity (Wildman–Crippen MR) is 87.4 cm³/mol. The highest BCUT2D eigenvalue weighted by atomic mass is 32.2. The van der Waals surface area contributed by atoms with Crippen LogP contribution in [0.5, 0.6) is 0 Å². The highest BCUT2D eigenvalue weighted by molar-refractivity contribution is 7.98. The van der Waals surface area contributed by atoms with Crippen LogP contribution in [0.4, 0.5) is 5.95 Å². The minimum atomic E-state index is -0.256. The van der Waals surface area contributed by atoms with E-state index in [-0.39, 0.29) is 11.8 Å². The lowest BCUT2D eigenvalue weighted by Crippen LogP contribution is -2.32. The summed E-state index contributed by atoms with van der Waals surface area (Å²) in [6.07, 6.45) is 4.29. The van der Waals surface area contributed by atoms with Crippen molar-refractivity contribution in [1.29, 1.82) is 0 Å². The molecule has 2 aromatic heterocycles. The maximum atomic E-state index is 12.6. The van der Waals surface area contributed by atoms with Crippen molar-refractivity contribution in [1.82, 2.24) is 24.5 Å². The third-order valence-corrected chi connectivity index (χ3v) is 4.89. The number of nitrogens with one attached hydrogen (secondary N) is 1. The molecule has 2 aromatic rings. The molecule has 2 aliphatic rings. The van der Waals surface area contributed by atoms with E-state index < -0.39 is 0 Å². The Morgan fingerprint density at radius 3 is 2.87 bits per heavy atom. The van der Waals surface area contributed by atoms with Crippen molar-refractivity contribution in [2.24, 2.45) is 7.05 Å². The van der Waals surface area contributed by atoms with Crippen LogP contribution in [-0.4, -0.2) is 36.6 Å². The Kier molecular flexibility index (Phi) is 3.29. The zero-order chi connectivity index (χ0) is 16.1.